The quantitative estimate of drug-likeness (QED) is 0.719. The van der Waals surface area contributed by atoms with Crippen molar-refractivity contribution in [3.05, 3.63) is 41.5 Å². The van der Waals surface area contributed by atoms with Gasteiger partial charge in [0, 0.05) is 0 Å². The number of carboxylic acids is 1. The Morgan fingerprint density at radius 2 is 2.19 bits per heavy atom. The fourth-order valence-corrected chi connectivity index (χ4v) is 1.46. The molecule has 1 rings (SSSR count). The van der Waals surface area contributed by atoms with Crippen LogP contribution in [0.5, 0.6) is 0 Å². The molecule has 1 aromatic rings. The first-order chi connectivity index (χ1) is 7.74. The van der Waals surface area contributed by atoms with E-state index in [1.165, 1.54) is 0 Å². The molecule has 16 heavy (non-hydrogen) atoms. The second-order valence-electron chi connectivity index (χ2n) is 3.56. The summed E-state index contributed by atoms with van der Waals surface area (Å²) in [5.41, 5.74) is 1.84. The van der Waals surface area contributed by atoms with E-state index in [1.54, 1.807) is 0 Å². The molecule has 0 aliphatic carbocycles. The van der Waals surface area contributed by atoms with Crippen LogP contribution in [0.4, 0.5) is 0 Å². The molecule has 0 unspecified atom stereocenters. The maximum absolute atomic E-state index is 10.7. The van der Waals surface area contributed by atoms with Gasteiger partial charge in [-0.2, -0.15) is 0 Å². The Hall–Kier alpha value is -1.61. The van der Waals surface area contributed by atoms with Crippen molar-refractivity contribution in [3.63, 3.8) is 0 Å². The van der Waals surface area contributed by atoms with E-state index < -0.39 is 5.97 Å². The van der Waals surface area contributed by atoms with E-state index in [0.717, 1.165) is 24.1 Å². The smallest absolute Gasteiger partial charge is 0.307 e. The Balaban J connectivity index is 2.70. The summed E-state index contributed by atoms with van der Waals surface area (Å²) in [6.45, 7) is 0.928. The third-order valence-corrected chi connectivity index (χ3v) is 2.26. The summed E-state index contributed by atoms with van der Waals surface area (Å²) in [7, 11) is 1.91. The summed E-state index contributed by atoms with van der Waals surface area (Å²) in [6, 6.07) is 7.58. The van der Waals surface area contributed by atoms with Crippen molar-refractivity contribution in [1.29, 1.82) is 0 Å². The molecule has 0 radical (unpaired) electrons. The molecule has 0 bridgehead atoms. The molecule has 0 aromatic heterocycles. The van der Waals surface area contributed by atoms with Crippen LogP contribution in [0.1, 0.15) is 17.5 Å². The van der Waals surface area contributed by atoms with Crippen LogP contribution in [0.15, 0.2) is 30.3 Å². The number of carbonyl (C=O) groups is 1. The Morgan fingerprint density at radius 1 is 1.44 bits per heavy atom. The van der Waals surface area contributed by atoms with E-state index in [2.05, 4.69) is 11.4 Å². The van der Waals surface area contributed by atoms with Crippen LogP contribution in [0.25, 0.3) is 6.08 Å². The summed E-state index contributed by atoms with van der Waals surface area (Å²) in [5, 5.41) is 11.8. The van der Waals surface area contributed by atoms with Gasteiger partial charge < -0.3 is 10.4 Å². The Morgan fingerprint density at radius 3 is 2.88 bits per heavy atom. The van der Waals surface area contributed by atoms with Crippen LogP contribution < -0.4 is 5.32 Å². The van der Waals surface area contributed by atoms with Crippen LogP contribution in [0.2, 0.25) is 0 Å². The number of hydrogen-bond acceptors (Lipinski definition) is 2. The summed E-state index contributed by atoms with van der Waals surface area (Å²) >= 11 is 0. The van der Waals surface area contributed by atoms with E-state index in [9.17, 15) is 4.79 Å². The highest BCUT2D eigenvalue weighted by Crippen LogP contribution is 2.11. The van der Waals surface area contributed by atoms with Crippen LogP contribution in [0, 0.1) is 0 Å². The first kappa shape index (κ1) is 12.5. The summed E-state index contributed by atoms with van der Waals surface area (Å²) in [6.07, 6.45) is 5.05. The number of hydrogen-bond donors (Lipinski definition) is 2. The van der Waals surface area contributed by atoms with E-state index >= 15 is 0 Å². The van der Waals surface area contributed by atoms with Gasteiger partial charge >= 0.3 is 5.97 Å². The Kier molecular flexibility index (Phi) is 5.29. The van der Waals surface area contributed by atoms with Crippen molar-refractivity contribution in [2.45, 2.75) is 12.8 Å². The lowest BCUT2D eigenvalue weighted by atomic mass is 10.0. The number of aliphatic carboxylic acids is 1. The number of rotatable bonds is 6. The third kappa shape index (κ3) is 4.28. The van der Waals surface area contributed by atoms with Crippen molar-refractivity contribution in [3.8, 4) is 0 Å². The number of nitrogens with one attached hydrogen (secondary N) is 1. The van der Waals surface area contributed by atoms with Crippen LogP contribution in [-0.4, -0.2) is 24.7 Å². The van der Waals surface area contributed by atoms with Gasteiger partial charge in [-0.15, -0.1) is 0 Å². The zero-order valence-electron chi connectivity index (χ0n) is 9.44. The minimum absolute atomic E-state index is 0.0759. The predicted molar refractivity (Wildman–Crippen MR) is 65.4 cm³/mol. The lowest BCUT2D eigenvalue weighted by Gasteiger charge is -2.02. The van der Waals surface area contributed by atoms with E-state index in [0.29, 0.717) is 0 Å². The normalized spacial score (nSPS) is 10.8. The molecule has 0 aliphatic rings. The lowest BCUT2D eigenvalue weighted by Crippen LogP contribution is -2.05. The standard InChI is InChI=1S/C13H17NO2/c1-14-9-5-4-7-11-6-2-3-8-12(11)10-13(15)16/h2-4,6-8,14H,5,9-10H2,1H3,(H,15,16). The van der Waals surface area contributed by atoms with Crippen LogP contribution in [-0.2, 0) is 11.2 Å². The molecule has 0 saturated carbocycles. The molecule has 1 aromatic carbocycles. The van der Waals surface area contributed by atoms with Gasteiger partial charge in [0.15, 0.2) is 0 Å². The van der Waals surface area contributed by atoms with Crippen molar-refractivity contribution >= 4 is 12.0 Å². The van der Waals surface area contributed by atoms with Crippen LogP contribution >= 0.6 is 0 Å². The monoisotopic (exact) mass is 219 g/mol. The van der Waals surface area contributed by atoms with Gasteiger partial charge in [0.1, 0.15) is 0 Å². The van der Waals surface area contributed by atoms with Gasteiger partial charge in [-0.1, -0.05) is 36.4 Å². The molecule has 0 spiro atoms. The average molecular weight is 219 g/mol. The molecule has 0 aliphatic heterocycles. The Bertz CT molecular complexity index is 372. The summed E-state index contributed by atoms with van der Waals surface area (Å²) in [5.74, 6) is -0.795. The Labute approximate surface area is 95.8 Å². The van der Waals surface area contributed by atoms with Gasteiger partial charge in [0.05, 0.1) is 6.42 Å². The van der Waals surface area contributed by atoms with Crippen molar-refractivity contribution in [2.75, 3.05) is 13.6 Å². The average Bonchev–Trinajstić information content (AvgIpc) is 2.26. The molecule has 3 heteroatoms. The maximum Gasteiger partial charge on any atom is 0.307 e. The predicted octanol–water partition coefficient (Wildman–Crippen LogP) is 1.94. The molecular formula is C13H17NO2. The minimum atomic E-state index is -0.795. The van der Waals surface area contributed by atoms with E-state index in [-0.39, 0.29) is 6.42 Å². The highest BCUT2D eigenvalue weighted by molar-refractivity contribution is 5.72. The number of benzene rings is 1. The van der Waals surface area contributed by atoms with Gasteiger partial charge in [-0.25, -0.2) is 0 Å². The molecule has 0 atom stereocenters. The zero-order valence-corrected chi connectivity index (χ0v) is 9.44. The van der Waals surface area contributed by atoms with E-state index in [1.807, 2.05) is 37.4 Å². The highest BCUT2D eigenvalue weighted by Gasteiger charge is 2.03. The molecule has 0 heterocycles. The van der Waals surface area contributed by atoms with Crippen LogP contribution in [0.3, 0.4) is 0 Å². The molecule has 3 nitrogen and oxygen atoms in total. The molecule has 0 fully saturated rings. The van der Waals surface area contributed by atoms with Gasteiger partial charge in [0.2, 0.25) is 0 Å². The van der Waals surface area contributed by atoms with Gasteiger partial charge in [-0.3, -0.25) is 4.79 Å². The fourth-order valence-electron chi connectivity index (χ4n) is 1.46. The second-order valence-corrected chi connectivity index (χ2v) is 3.56. The molecule has 2 N–H and O–H groups in total. The van der Waals surface area contributed by atoms with E-state index in [4.69, 9.17) is 5.11 Å². The first-order valence-electron chi connectivity index (χ1n) is 5.35. The SMILES string of the molecule is CNCCC=Cc1ccccc1CC(=O)O. The molecule has 0 amide bonds. The topological polar surface area (TPSA) is 49.3 Å². The molecule has 0 saturated heterocycles. The second kappa shape index (κ2) is 6.80. The number of carboxylic acid groups (broad SMARTS) is 1. The first-order valence-corrected chi connectivity index (χ1v) is 5.35. The third-order valence-electron chi connectivity index (χ3n) is 2.26. The lowest BCUT2D eigenvalue weighted by molar-refractivity contribution is -0.136. The molecule has 86 valence electrons. The highest BCUT2D eigenvalue weighted by atomic mass is 16.4. The molecular weight excluding hydrogens is 202 g/mol. The van der Waals surface area contributed by atoms with Gasteiger partial charge in [-0.05, 0) is 31.1 Å². The summed E-state index contributed by atoms with van der Waals surface area (Å²) in [4.78, 5) is 10.7. The maximum atomic E-state index is 10.7. The van der Waals surface area contributed by atoms with Gasteiger partial charge in [0.25, 0.3) is 0 Å². The zero-order chi connectivity index (χ0) is 11.8. The van der Waals surface area contributed by atoms with Crippen molar-refractivity contribution in [2.24, 2.45) is 0 Å². The van der Waals surface area contributed by atoms with Crippen molar-refractivity contribution in [1.82, 2.24) is 5.32 Å². The minimum Gasteiger partial charge on any atom is -0.481 e. The fraction of sp³-hybridized carbons (Fsp3) is 0.308. The largest absolute Gasteiger partial charge is 0.481 e. The summed E-state index contributed by atoms with van der Waals surface area (Å²) < 4.78 is 0. The van der Waals surface area contributed by atoms with Crippen molar-refractivity contribution < 1.29 is 9.90 Å².